The summed E-state index contributed by atoms with van der Waals surface area (Å²) in [6, 6.07) is 2.55. The van der Waals surface area contributed by atoms with Crippen molar-refractivity contribution in [2.45, 2.75) is 44.3 Å². The van der Waals surface area contributed by atoms with E-state index in [4.69, 9.17) is 0 Å². The Hall–Kier alpha value is -3.47. The van der Waals surface area contributed by atoms with Crippen LogP contribution < -0.4 is 10.6 Å². The molecule has 1 aromatic carbocycles. The molecule has 0 spiro atoms. The molecule has 4 rings (SSSR count). The standard InChI is InChI=1S/C23H23F3N4O4/c1-12-28-16-4-2-3-14(11-27-20(32)13-5-7-15(8-6-13)23(24,25)26)19(16)22(34)30(12)17-9-10-18(31)29-21(17)33/h2-8,16-19,31H,9-11H2,1H3,(H,27,32)(H,29,33). The summed E-state index contributed by atoms with van der Waals surface area (Å²) in [6.07, 6.45) is 0.297. The highest BCUT2D eigenvalue weighted by Crippen LogP contribution is 2.32. The summed E-state index contributed by atoms with van der Waals surface area (Å²) in [4.78, 5) is 44.3. The fraction of sp³-hybridized carbons (Fsp3) is 0.391. The quantitative estimate of drug-likeness (QED) is 0.615. The van der Waals surface area contributed by atoms with Crippen LogP contribution in [0.15, 0.2) is 53.1 Å². The van der Waals surface area contributed by atoms with E-state index < -0.39 is 47.8 Å². The summed E-state index contributed by atoms with van der Waals surface area (Å²) in [5.41, 5.74) is -0.234. The molecule has 2 aliphatic heterocycles. The van der Waals surface area contributed by atoms with E-state index in [1.807, 2.05) is 0 Å². The highest BCUT2D eigenvalue weighted by molar-refractivity contribution is 6.06. The van der Waals surface area contributed by atoms with E-state index in [0.29, 0.717) is 17.8 Å². The maximum atomic E-state index is 13.5. The van der Waals surface area contributed by atoms with Crippen molar-refractivity contribution in [3.8, 4) is 0 Å². The van der Waals surface area contributed by atoms with E-state index in [0.717, 1.165) is 24.3 Å². The van der Waals surface area contributed by atoms with Gasteiger partial charge in [-0.3, -0.25) is 24.3 Å². The number of alkyl halides is 3. The highest BCUT2D eigenvalue weighted by Gasteiger charge is 2.45. The first-order valence-corrected chi connectivity index (χ1v) is 10.7. The number of carbonyl (C=O) groups is 3. The summed E-state index contributed by atoms with van der Waals surface area (Å²) in [5.74, 6) is -1.73. The molecule has 2 heterocycles. The summed E-state index contributed by atoms with van der Waals surface area (Å²) < 4.78 is 38.2. The van der Waals surface area contributed by atoms with Crippen molar-refractivity contribution in [1.29, 1.82) is 0 Å². The molecule has 4 unspecified atom stereocenters. The van der Waals surface area contributed by atoms with E-state index in [-0.39, 0.29) is 24.4 Å². The normalized spacial score (nSPS) is 26.9. The van der Waals surface area contributed by atoms with Crippen molar-refractivity contribution in [3.63, 3.8) is 0 Å². The number of aliphatic imine (C=N–C) groups is 1. The SMILES string of the molecule is CC1=NC2C=CC=C(CNC(=O)c3ccc(C(F)(F)F)cc3)C2C(=O)N1C1CCC(O)NC1=O. The van der Waals surface area contributed by atoms with Gasteiger partial charge in [0.15, 0.2) is 0 Å². The number of nitrogens with zero attached hydrogens (tertiary/aromatic N) is 2. The molecular formula is C23H23F3N4O4. The first-order chi connectivity index (χ1) is 16.1. The Bertz CT molecular complexity index is 1090. The first-order valence-electron chi connectivity index (χ1n) is 10.7. The Balaban J connectivity index is 1.48. The molecule has 0 bridgehead atoms. The maximum absolute atomic E-state index is 13.5. The first kappa shape index (κ1) is 23.7. The zero-order valence-corrected chi connectivity index (χ0v) is 18.2. The van der Waals surface area contributed by atoms with Crippen molar-refractivity contribution in [2.75, 3.05) is 6.54 Å². The van der Waals surface area contributed by atoms with E-state index in [1.165, 1.54) is 4.90 Å². The van der Waals surface area contributed by atoms with Crippen LogP contribution in [0.3, 0.4) is 0 Å². The molecule has 11 heteroatoms. The van der Waals surface area contributed by atoms with Gasteiger partial charge in [0.1, 0.15) is 18.1 Å². The topological polar surface area (TPSA) is 111 Å². The molecule has 3 N–H and O–H groups in total. The van der Waals surface area contributed by atoms with E-state index >= 15 is 0 Å². The van der Waals surface area contributed by atoms with Crippen molar-refractivity contribution in [1.82, 2.24) is 15.5 Å². The molecule has 3 aliphatic rings. The summed E-state index contributed by atoms with van der Waals surface area (Å²) in [7, 11) is 0. The Morgan fingerprint density at radius 2 is 1.94 bits per heavy atom. The predicted octanol–water partition coefficient (Wildman–Crippen LogP) is 1.77. The zero-order valence-electron chi connectivity index (χ0n) is 18.2. The number of rotatable bonds is 4. The number of fused-ring (bicyclic) bond motifs is 1. The lowest BCUT2D eigenvalue weighted by molar-refractivity contribution is -0.142. The summed E-state index contributed by atoms with van der Waals surface area (Å²) in [6.45, 7) is 1.62. The van der Waals surface area contributed by atoms with Crippen LogP contribution in [0.4, 0.5) is 13.2 Å². The molecule has 8 nitrogen and oxygen atoms in total. The predicted molar refractivity (Wildman–Crippen MR) is 115 cm³/mol. The number of carbonyl (C=O) groups excluding carboxylic acids is 3. The third-order valence-electron chi connectivity index (χ3n) is 6.11. The third kappa shape index (κ3) is 4.60. The lowest BCUT2D eigenvalue weighted by Gasteiger charge is -2.41. The largest absolute Gasteiger partial charge is 0.416 e. The minimum Gasteiger partial charge on any atom is -0.374 e. The Morgan fingerprint density at radius 1 is 1.24 bits per heavy atom. The number of piperidine rings is 1. The van der Waals surface area contributed by atoms with Crippen LogP contribution in [0, 0.1) is 5.92 Å². The van der Waals surface area contributed by atoms with Crippen LogP contribution in [-0.4, -0.2) is 58.4 Å². The van der Waals surface area contributed by atoms with Crippen molar-refractivity contribution < 1.29 is 32.7 Å². The number of benzene rings is 1. The minimum atomic E-state index is -4.50. The molecule has 34 heavy (non-hydrogen) atoms. The lowest BCUT2D eigenvalue weighted by Crippen LogP contribution is -2.60. The highest BCUT2D eigenvalue weighted by atomic mass is 19.4. The van der Waals surface area contributed by atoms with Crippen LogP contribution in [0.25, 0.3) is 0 Å². The summed E-state index contributed by atoms with van der Waals surface area (Å²) >= 11 is 0. The minimum absolute atomic E-state index is 0.0188. The molecule has 4 atom stereocenters. The maximum Gasteiger partial charge on any atom is 0.416 e. The number of hydrogen-bond acceptors (Lipinski definition) is 5. The van der Waals surface area contributed by atoms with Crippen molar-refractivity contribution in [2.24, 2.45) is 10.9 Å². The van der Waals surface area contributed by atoms with Crippen LogP contribution in [0.1, 0.15) is 35.7 Å². The number of amidine groups is 1. The van der Waals surface area contributed by atoms with Gasteiger partial charge in [0, 0.05) is 12.1 Å². The van der Waals surface area contributed by atoms with Gasteiger partial charge < -0.3 is 15.7 Å². The Labute approximate surface area is 193 Å². The van der Waals surface area contributed by atoms with Gasteiger partial charge in [-0.15, -0.1) is 0 Å². The van der Waals surface area contributed by atoms with Crippen molar-refractivity contribution >= 4 is 23.6 Å². The van der Waals surface area contributed by atoms with E-state index in [9.17, 15) is 32.7 Å². The molecule has 0 aromatic heterocycles. The van der Waals surface area contributed by atoms with Crippen LogP contribution in [0.5, 0.6) is 0 Å². The average molecular weight is 476 g/mol. The van der Waals surface area contributed by atoms with Crippen LogP contribution in [-0.2, 0) is 15.8 Å². The Morgan fingerprint density at radius 3 is 2.59 bits per heavy atom. The number of nitrogens with one attached hydrogen (secondary N) is 2. The fourth-order valence-corrected chi connectivity index (χ4v) is 4.41. The summed E-state index contributed by atoms with van der Waals surface area (Å²) in [5, 5.41) is 14.7. The average Bonchev–Trinajstić information content (AvgIpc) is 2.78. The van der Waals surface area contributed by atoms with Gasteiger partial charge in [0.25, 0.3) is 5.91 Å². The van der Waals surface area contributed by atoms with Gasteiger partial charge in [-0.25, -0.2) is 0 Å². The molecule has 180 valence electrons. The smallest absolute Gasteiger partial charge is 0.374 e. The van der Waals surface area contributed by atoms with Gasteiger partial charge in [0.2, 0.25) is 11.8 Å². The number of halogens is 3. The monoisotopic (exact) mass is 476 g/mol. The third-order valence-corrected chi connectivity index (χ3v) is 6.11. The van der Waals surface area contributed by atoms with Crippen LogP contribution in [0.2, 0.25) is 0 Å². The molecule has 1 saturated heterocycles. The number of aliphatic hydroxyl groups is 1. The number of aliphatic hydroxyl groups excluding tert-OH is 1. The number of hydrogen-bond donors (Lipinski definition) is 3. The van der Waals surface area contributed by atoms with E-state index in [2.05, 4.69) is 15.6 Å². The second kappa shape index (κ2) is 9.05. The molecule has 1 aromatic rings. The second-order valence-electron chi connectivity index (χ2n) is 8.35. The zero-order chi connectivity index (χ0) is 24.6. The number of amides is 3. The second-order valence-corrected chi connectivity index (χ2v) is 8.35. The van der Waals surface area contributed by atoms with Gasteiger partial charge >= 0.3 is 6.18 Å². The molecule has 0 saturated carbocycles. The van der Waals surface area contributed by atoms with Gasteiger partial charge in [-0.1, -0.05) is 18.2 Å². The van der Waals surface area contributed by atoms with E-state index in [1.54, 1.807) is 25.2 Å². The number of allylic oxidation sites excluding steroid dienone is 2. The fourth-order valence-electron chi connectivity index (χ4n) is 4.41. The molecule has 0 radical (unpaired) electrons. The molecular weight excluding hydrogens is 453 g/mol. The van der Waals surface area contributed by atoms with Crippen LogP contribution >= 0.6 is 0 Å². The Kier molecular flexibility index (Phi) is 6.30. The lowest BCUT2D eigenvalue weighted by atomic mass is 9.84. The van der Waals surface area contributed by atoms with Gasteiger partial charge in [0.05, 0.1) is 17.5 Å². The molecule has 1 aliphatic carbocycles. The van der Waals surface area contributed by atoms with Gasteiger partial charge in [-0.2, -0.15) is 13.2 Å². The molecule has 3 amide bonds. The van der Waals surface area contributed by atoms with Gasteiger partial charge in [-0.05, 0) is 49.6 Å². The molecule has 1 fully saturated rings. The van der Waals surface area contributed by atoms with Crippen molar-refractivity contribution in [3.05, 3.63) is 59.2 Å².